The highest BCUT2D eigenvalue weighted by atomic mass is 32.2. The van der Waals surface area contributed by atoms with Crippen molar-refractivity contribution in [2.75, 3.05) is 13.1 Å². The normalized spacial score (nSPS) is 15.9. The van der Waals surface area contributed by atoms with E-state index < -0.39 is 15.8 Å². The van der Waals surface area contributed by atoms with E-state index in [1.54, 1.807) is 16.7 Å². The fraction of sp³-hybridized carbons (Fsp3) is 0.364. The molecule has 0 amide bonds. The lowest BCUT2D eigenvalue weighted by molar-refractivity contribution is 0.269. The number of piperidine rings is 1. The Kier molecular flexibility index (Phi) is 6.06. The molecule has 2 heterocycles. The number of aromatic amines is 1. The average molecular weight is 445 g/mol. The van der Waals surface area contributed by atoms with Gasteiger partial charge in [0.2, 0.25) is 10.0 Å². The summed E-state index contributed by atoms with van der Waals surface area (Å²) in [6.07, 6.45) is 1.89. The standard InChI is InChI=1S/C22H25FN4O3S/c1-16-6-2-5-9-20(16)27-21(24-25-22(27)28)14-17-10-12-26(13-11-17)31(29,30)15-18-7-3-4-8-19(18)23/h2-9,17H,10-15H2,1H3,(H,25,28). The molecule has 0 saturated carbocycles. The third kappa shape index (κ3) is 4.62. The molecule has 1 aromatic heterocycles. The van der Waals surface area contributed by atoms with Gasteiger partial charge in [-0.1, -0.05) is 36.4 Å². The average Bonchev–Trinajstić information content (AvgIpc) is 3.10. The van der Waals surface area contributed by atoms with E-state index in [-0.39, 0.29) is 22.9 Å². The van der Waals surface area contributed by atoms with E-state index >= 15 is 0 Å². The van der Waals surface area contributed by atoms with E-state index in [1.807, 2.05) is 31.2 Å². The van der Waals surface area contributed by atoms with Crippen molar-refractivity contribution in [3.8, 4) is 5.69 Å². The van der Waals surface area contributed by atoms with Crippen LogP contribution in [0.25, 0.3) is 5.69 Å². The van der Waals surface area contributed by atoms with Gasteiger partial charge in [0.25, 0.3) is 0 Å². The second-order valence-electron chi connectivity index (χ2n) is 7.96. The van der Waals surface area contributed by atoms with Crippen LogP contribution in [0.2, 0.25) is 0 Å². The zero-order valence-electron chi connectivity index (χ0n) is 17.3. The molecule has 1 aliphatic rings. The van der Waals surface area contributed by atoms with Crippen molar-refractivity contribution in [1.29, 1.82) is 0 Å². The Morgan fingerprint density at radius 3 is 2.48 bits per heavy atom. The van der Waals surface area contributed by atoms with Gasteiger partial charge in [0.1, 0.15) is 11.6 Å². The van der Waals surface area contributed by atoms with E-state index in [1.165, 1.54) is 16.4 Å². The number of para-hydroxylation sites is 1. The second kappa shape index (κ2) is 8.76. The zero-order chi connectivity index (χ0) is 22.0. The zero-order valence-corrected chi connectivity index (χ0v) is 18.1. The van der Waals surface area contributed by atoms with E-state index in [9.17, 15) is 17.6 Å². The van der Waals surface area contributed by atoms with Gasteiger partial charge in [0, 0.05) is 25.1 Å². The molecule has 7 nitrogen and oxygen atoms in total. The first-order valence-electron chi connectivity index (χ1n) is 10.3. The number of halogens is 1. The van der Waals surface area contributed by atoms with Crippen molar-refractivity contribution in [3.05, 3.63) is 81.8 Å². The molecule has 9 heteroatoms. The van der Waals surface area contributed by atoms with E-state index in [0.717, 1.165) is 11.3 Å². The van der Waals surface area contributed by atoms with Crippen LogP contribution in [0.1, 0.15) is 29.8 Å². The van der Waals surface area contributed by atoms with Crippen molar-refractivity contribution in [3.63, 3.8) is 0 Å². The summed E-state index contributed by atoms with van der Waals surface area (Å²) in [5, 5.41) is 6.75. The number of sulfonamides is 1. The summed E-state index contributed by atoms with van der Waals surface area (Å²) >= 11 is 0. The van der Waals surface area contributed by atoms with E-state index in [0.29, 0.717) is 38.2 Å². The Bertz CT molecular complexity index is 1230. The minimum Gasteiger partial charge on any atom is -0.247 e. The van der Waals surface area contributed by atoms with Crippen LogP contribution >= 0.6 is 0 Å². The predicted molar refractivity (Wildman–Crippen MR) is 116 cm³/mol. The maximum absolute atomic E-state index is 13.9. The molecule has 0 aliphatic carbocycles. The quantitative estimate of drug-likeness (QED) is 0.633. The lowest BCUT2D eigenvalue weighted by atomic mass is 9.94. The van der Waals surface area contributed by atoms with Crippen LogP contribution in [-0.4, -0.2) is 40.6 Å². The molecule has 3 aromatic rings. The molecule has 2 aromatic carbocycles. The molecule has 0 spiro atoms. The first kappa shape index (κ1) is 21.5. The fourth-order valence-corrected chi connectivity index (χ4v) is 5.66. The number of nitrogens with one attached hydrogen (secondary N) is 1. The monoisotopic (exact) mass is 444 g/mol. The summed E-state index contributed by atoms with van der Waals surface area (Å²) in [5.74, 6) is 0.00907. The number of H-pyrrole nitrogens is 1. The maximum Gasteiger partial charge on any atom is 0.347 e. The van der Waals surface area contributed by atoms with Crippen LogP contribution in [-0.2, 0) is 22.2 Å². The molecule has 0 atom stereocenters. The Labute approximate surface area is 180 Å². The van der Waals surface area contributed by atoms with Crippen LogP contribution in [0.15, 0.2) is 53.3 Å². The van der Waals surface area contributed by atoms with Gasteiger partial charge in [-0.25, -0.2) is 31.6 Å². The Hall–Kier alpha value is -2.78. The lowest BCUT2D eigenvalue weighted by Crippen LogP contribution is -2.39. The van der Waals surface area contributed by atoms with Gasteiger partial charge in [0.05, 0.1) is 11.4 Å². The van der Waals surface area contributed by atoms with E-state index in [4.69, 9.17) is 0 Å². The molecule has 0 bridgehead atoms. The summed E-state index contributed by atoms with van der Waals surface area (Å²) in [7, 11) is -3.59. The molecule has 1 N–H and O–H groups in total. The third-order valence-electron chi connectivity index (χ3n) is 5.83. The minimum atomic E-state index is -3.59. The minimum absolute atomic E-state index is 0.184. The fourth-order valence-electron chi connectivity index (χ4n) is 4.08. The van der Waals surface area contributed by atoms with Gasteiger partial charge >= 0.3 is 5.69 Å². The molecule has 1 fully saturated rings. The summed E-state index contributed by atoms with van der Waals surface area (Å²) in [6, 6.07) is 13.6. The summed E-state index contributed by atoms with van der Waals surface area (Å²) in [4.78, 5) is 12.3. The largest absolute Gasteiger partial charge is 0.347 e. The first-order valence-corrected chi connectivity index (χ1v) is 11.9. The summed E-state index contributed by atoms with van der Waals surface area (Å²) < 4.78 is 42.4. The number of aryl methyl sites for hydroxylation is 1. The molecule has 164 valence electrons. The van der Waals surface area contributed by atoms with Gasteiger partial charge in [-0.05, 0) is 43.4 Å². The second-order valence-corrected chi connectivity index (χ2v) is 9.93. The number of hydrogen-bond acceptors (Lipinski definition) is 4. The Morgan fingerprint density at radius 1 is 1.10 bits per heavy atom. The Balaban J connectivity index is 1.43. The van der Waals surface area contributed by atoms with Crippen molar-refractivity contribution in [2.24, 2.45) is 5.92 Å². The highest BCUT2D eigenvalue weighted by molar-refractivity contribution is 7.88. The molecule has 0 radical (unpaired) electrons. The molecular formula is C22H25FN4O3S. The van der Waals surface area contributed by atoms with Gasteiger partial charge in [-0.15, -0.1) is 0 Å². The van der Waals surface area contributed by atoms with Crippen LogP contribution < -0.4 is 5.69 Å². The first-order chi connectivity index (χ1) is 14.8. The maximum atomic E-state index is 13.9. The number of hydrogen-bond donors (Lipinski definition) is 1. The number of rotatable bonds is 6. The summed E-state index contributed by atoms with van der Waals surface area (Å²) in [6.45, 7) is 2.69. The summed E-state index contributed by atoms with van der Waals surface area (Å²) in [5.41, 5.74) is 1.67. The van der Waals surface area contributed by atoms with Crippen molar-refractivity contribution in [2.45, 2.75) is 31.9 Å². The molecule has 31 heavy (non-hydrogen) atoms. The Morgan fingerprint density at radius 2 is 1.77 bits per heavy atom. The SMILES string of the molecule is Cc1ccccc1-n1c(CC2CCN(S(=O)(=O)Cc3ccccc3F)CC2)n[nH]c1=O. The van der Waals surface area contributed by atoms with Gasteiger partial charge < -0.3 is 0 Å². The van der Waals surface area contributed by atoms with Gasteiger partial charge in [-0.2, -0.15) is 5.10 Å². The van der Waals surface area contributed by atoms with Gasteiger partial charge in [-0.3, -0.25) is 0 Å². The predicted octanol–water partition coefficient (Wildman–Crippen LogP) is 2.79. The van der Waals surface area contributed by atoms with Crippen LogP contribution in [0.3, 0.4) is 0 Å². The smallest absolute Gasteiger partial charge is 0.247 e. The van der Waals surface area contributed by atoms with Crippen LogP contribution in [0.5, 0.6) is 0 Å². The van der Waals surface area contributed by atoms with Crippen LogP contribution in [0.4, 0.5) is 4.39 Å². The molecule has 1 aliphatic heterocycles. The lowest BCUT2D eigenvalue weighted by Gasteiger charge is -2.31. The molecule has 0 unspecified atom stereocenters. The molecule has 1 saturated heterocycles. The third-order valence-corrected chi connectivity index (χ3v) is 7.66. The van der Waals surface area contributed by atoms with Gasteiger partial charge in [0.15, 0.2) is 0 Å². The van der Waals surface area contributed by atoms with Crippen molar-refractivity contribution in [1.82, 2.24) is 19.1 Å². The molecular weight excluding hydrogens is 419 g/mol. The number of aromatic nitrogens is 3. The highest BCUT2D eigenvalue weighted by Crippen LogP contribution is 2.25. The van der Waals surface area contributed by atoms with E-state index in [2.05, 4.69) is 10.2 Å². The number of benzene rings is 2. The van der Waals surface area contributed by atoms with Crippen molar-refractivity contribution < 1.29 is 12.8 Å². The molecule has 4 rings (SSSR count). The number of nitrogens with zero attached hydrogens (tertiary/aromatic N) is 3. The topological polar surface area (TPSA) is 88.1 Å². The van der Waals surface area contributed by atoms with Crippen LogP contribution in [0, 0.1) is 18.7 Å². The highest BCUT2D eigenvalue weighted by Gasteiger charge is 2.30. The van der Waals surface area contributed by atoms with Crippen molar-refractivity contribution >= 4 is 10.0 Å².